The van der Waals surface area contributed by atoms with Gasteiger partial charge >= 0.3 is 5.97 Å². The number of hydrogen-bond donors (Lipinski definition) is 2. The van der Waals surface area contributed by atoms with Crippen molar-refractivity contribution in [2.45, 2.75) is 131 Å². The van der Waals surface area contributed by atoms with Crippen LogP contribution in [-0.2, 0) is 9.59 Å². The fourth-order valence-corrected chi connectivity index (χ4v) is 10.5. The average molecular weight is 520 g/mol. The van der Waals surface area contributed by atoms with Crippen LogP contribution in [0.15, 0.2) is 0 Å². The van der Waals surface area contributed by atoms with E-state index in [0.29, 0.717) is 16.9 Å². The van der Waals surface area contributed by atoms with E-state index in [2.05, 4.69) is 39.3 Å². The van der Waals surface area contributed by atoms with Gasteiger partial charge < -0.3 is 5.11 Å². The quantitative estimate of drug-likeness (QED) is 0.285. The normalized spacial score (nSPS) is 40.8. The Labute approximate surface area is 225 Å². The number of rotatable bonds is 10. The Morgan fingerprint density at radius 1 is 0.917 bits per heavy atom. The van der Waals surface area contributed by atoms with Crippen LogP contribution >= 0.6 is 11.9 Å². The molecule has 3 unspecified atom stereocenters. The van der Waals surface area contributed by atoms with Crippen molar-refractivity contribution in [3.05, 3.63) is 0 Å². The maximum atomic E-state index is 12.1. The van der Waals surface area contributed by atoms with Crippen molar-refractivity contribution in [1.29, 1.82) is 0 Å². The zero-order valence-electron chi connectivity index (χ0n) is 23.7. The van der Waals surface area contributed by atoms with Crippen molar-refractivity contribution in [2.24, 2.45) is 52.3 Å². The van der Waals surface area contributed by atoms with Crippen LogP contribution in [0.25, 0.3) is 0 Å². The number of fused-ring (bicyclic) bond motifs is 5. The van der Waals surface area contributed by atoms with E-state index in [0.717, 1.165) is 59.8 Å². The Balaban J connectivity index is 1.33. The summed E-state index contributed by atoms with van der Waals surface area (Å²) in [4.78, 5) is 22.8. The van der Waals surface area contributed by atoms with Gasteiger partial charge in [-0.2, -0.15) is 0 Å². The molecule has 9 atom stereocenters. The number of aliphatic carboxylic acids is 1. The van der Waals surface area contributed by atoms with Crippen LogP contribution in [0.1, 0.15) is 125 Å². The lowest BCUT2D eigenvalue weighted by molar-refractivity contribution is -0.137. The molecular formula is C31H53NO3S. The first-order chi connectivity index (χ1) is 17.0. The molecule has 2 N–H and O–H groups in total. The third kappa shape index (κ3) is 5.87. The molecule has 4 saturated carbocycles. The van der Waals surface area contributed by atoms with Gasteiger partial charge in [0.15, 0.2) is 0 Å². The van der Waals surface area contributed by atoms with Gasteiger partial charge in [0.25, 0.3) is 0 Å². The summed E-state index contributed by atoms with van der Waals surface area (Å²) in [5.41, 5.74) is 1.02. The van der Waals surface area contributed by atoms with Gasteiger partial charge in [-0.3, -0.25) is 14.3 Å². The smallest absolute Gasteiger partial charge is 0.303 e. The first kappa shape index (κ1) is 28.5. The van der Waals surface area contributed by atoms with Crippen molar-refractivity contribution in [3.8, 4) is 0 Å². The number of carboxylic acid groups (broad SMARTS) is 1. The molecule has 4 rings (SSSR count). The van der Waals surface area contributed by atoms with E-state index in [4.69, 9.17) is 5.11 Å². The van der Waals surface area contributed by atoms with Crippen LogP contribution < -0.4 is 4.72 Å². The largest absolute Gasteiger partial charge is 0.481 e. The topological polar surface area (TPSA) is 66.4 Å². The third-order valence-electron chi connectivity index (χ3n) is 11.7. The molecular weight excluding hydrogens is 466 g/mol. The van der Waals surface area contributed by atoms with Crippen molar-refractivity contribution < 1.29 is 14.7 Å². The second kappa shape index (κ2) is 11.7. The first-order valence-corrected chi connectivity index (χ1v) is 16.0. The van der Waals surface area contributed by atoms with Gasteiger partial charge in [0.2, 0.25) is 5.12 Å². The van der Waals surface area contributed by atoms with Crippen LogP contribution in [-0.4, -0.2) is 22.2 Å². The summed E-state index contributed by atoms with van der Waals surface area (Å²) in [6.45, 7) is 12.6. The Morgan fingerprint density at radius 3 is 2.36 bits per heavy atom. The number of carbonyl (C=O) groups excluding carboxylic acids is 1. The van der Waals surface area contributed by atoms with Gasteiger partial charge in [0.1, 0.15) is 0 Å². The summed E-state index contributed by atoms with van der Waals surface area (Å²) in [6.07, 6.45) is 16.4. The minimum atomic E-state index is -0.896. The summed E-state index contributed by atoms with van der Waals surface area (Å²) >= 11 is 1.16. The number of carbonyl (C=O) groups is 2. The maximum absolute atomic E-state index is 12.1. The van der Waals surface area contributed by atoms with Crippen molar-refractivity contribution in [3.63, 3.8) is 0 Å². The van der Waals surface area contributed by atoms with Gasteiger partial charge in [0.05, 0.1) is 6.42 Å². The molecule has 0 saturated heterocycles. The van der Waals surface area contributed by atoms with Gasteiger partial charge in [0, 0.05) is 12.5 Å². The fraction of sp³-hybridized carbons (Fsp3) is 0.935. The molecule has 4 aliphatic carbocycles. The van der Waals surface area contributed by atoms with E-state index in [1.54, 1.807) is 0 Å². The lowest BCUT2D eigenvalue weighted by Gasteiger charge is -2.61. The maximum Gasteiger partial charge on any atom is 0.303 e. The molecule has 4 aliphatic rings. The fourth-order valence-electron chi connectivity index (χ4n) is 9.80. The van der Waals surface area contributed by atoms with E-state index in [1.165, 1.54) is 70.6 Å². The molecule has 5 heteroatoms. The highest BCUT2D eigenvalue weighted by Gasteiger charge is 2.60. The van der Waals surface area contributed by atoms with E-state index in [-0.39, 0.29) is 18.0 Å². The van der Waals surface area contributed by atoms with E-state index in [9.17, 15) is 9.59 Å². The first-order valence-electron chi connectivity index (χ1n) is 15.2. The molecule has 0 aromatic carbocycles. The molecule has 0 spiro atoms. The Bertz CT molecular complexity index is 786. The summed E-state index contributed by atoms with van der Waals surface area (Å²) < 4.78 is 3.43. The van der Waals surface area contributed by atoms with Crippen LogP contribution in [0.4, 0.5) is 0 Å². The predicted molar refractivity (Wildman–Crippen MR) is 149 cm³/mol. The highest BCUT2D eigenvalue weighted by Crippen LogP contribution is 2.68. The lowest BCUT2D eigenvalue weighted by atomic mass is 9.44. The monoisotopic (exact) mass is 519 g/mol. The molecule has 0 bridgehead atoms. The molecule has 206 valence electrons. The number of nitrogens with one attached hydrogen (secondary N) is 1. The minimum Gasteiger partial charge on any atom is -0.481 e. The van der Waals surface area contributed by atoms with Gasteiger partial charge in [-0.15, -0.1) is 0 Å². The summed E-state index contributed by atoms with van der Waals surface area (Å²) in [5, 5.41) is 8.77. The molecule has 4 fully saturated rings. The van der Waals surface area contributed by atoms with Crippen molar-refractivity contribution >= 4 is 23.0 Å². The zero-order chi connectivity index (χ0) is 26.1. The predicted octanol–water partition coefficient (Wildman–Crippen LogP) is 8.11. The van der Waals surface area contributed by atoms with Gasteiger partial charge in [-0.1, -0.05) is 53.9 Å². The zero-order valence-corrected chi connectivity index (χ0v) is 24.5. The molecule has 0 radical (unpaired) electrons. The highest BCUT2D eigenvalue weighted by molar-refractivity contribution is 8.12. The average Bonchev–Trinajstić information content (AvgIpc) is 3.18. The molecule has 36 heavy (non-hydrogen) atoms. The summed E-state index contributed by atoms with van der Waals surface area (Å²) in [7, 11) is 0. The second-order valence-corrected chi connectivity index (χ2v) is 15.0. The van der Waals surface area contributed by atoms with Crippen molar-refractivity contribution in [1.82, 2.24) is 4.72 Å². The second-order valence-electron chi connectivity index (χ2n) is 14.1. The van der Waals surface area contributed by atoms with Crippen LogP contribution in [0.5, 0.6) is 0 Å². The van der Waals surface area contributed by atoms with Crippen molar-refractivity contribution in [2.75, 3.05) is 0 Å². The van der Waals surface area contributed by atoms with Gasteiger partial charge in [-0.05, 0) is 122 Å². The Kier molecular flexibility index (Phi) is 9.23. The lowest BCUT2D eigenvalue weighted by Crippen LogP contribution is -2.55. The van der Waals surface area contributed by atoms with Crippen LogP contribution in [0.3, 0.4) is 0 Å². The number of carboxylic acids is 1. The molecule has 0 heterocycles. The minimum absolute atomic E-state index is 0.0461. The Hall–Kier alpha value is -0.550. The van der Waals surface area contributed by atoms with Crippen LogP contribution in [0.2, 0.25) is 0 Å². The summed E-state index contributed by atoms with van der Waals surface area (Å²) in [5.74, 6) is 5.24. The van der Waals surface area contributed by atoms with E-state index < -0.39 is 5.97 Å². The van der Waals surface area contributed by atoms with E-state index >= 15 is 0 Å². The SMILES string of the molecule is CC(C)CCC[C@@H](C)[C@H]1CCC2C3CC[C@H]4C[C@H](NSC(=O)CCC(=O)O)CC[C@]4(C)C3CC[C@@]21C. The highest BCUT2D eigenvalue weighted by atomic mass is 32.2. The molecule has 0 aromatic rings. The molecule has 0 amide bonds. The Morgan fingerprint density at radius 2 is 1.64 bits per heavy atom. The van der Waals surface area contributed by atoms with Gasteiger partial charge in [-0.25, -0.2) is 0 Å². The molecule has 0 aromatic heterocycles. The standard InChI is InChI=1S/C31H53NO3S/c1-20(2)7-6-8-21(3)25-11-12-26-24-10-9-22-19-23(32-36-29(35)14-13-28(33)34)15-17-30(22,4)27(24)16-18-31(25,26)5/h20-27,32H,6-19H2,1-5H3,(H,33,34)/t21-,22+,23-,24?,25-,26?,27?,30+,31-/m1/s1. The van der Waals surface area contributed by atoms with Crippen LogP contribution in [0, 0.1) is 52.3 Å². The van der Waals surface area contributed by atoms with E-state index in [1.807, 2.05) is 0 Å². The summed E-state index contributed by atoms with van der Waals surface area (Å²) in [6, 6.07) is 0.384. The third-order valence-corrected chi connectivity index (χ3v) is 12.6. The molecule has 0 aliphatic heterocycles. The molecule has 4 nitrogen and oxygen atoms in total. The number of hydrogen-bond acceptors (Lipinski definition) is 4.